The normalized spacial score (nSPS) is 18.8. The quantitative estimate of drug-likeness (QED) is 0.705. The zero-order chi connectivity index (χ0) is 13.2. The SMILES string of the molecule is Clc1ccccc1N1CCCC1c1ccc(Br)cc1. The molecule has 1 fully saturated rings. The zero-order valence-corrected chi connectivity index (χ0v) is 12.9. The Kier molecular flexibility index (Phi) is 3.81. The van der Waals surface area contributed by atoms with Crippen molar-refractivity contribution in [2.45, 2.75) is 18.9 Å². The second-order valence-corrected chi connectivity index (χ2v) is 6.18. The second-order valence-electron chi connectivity index (χ2n) is 4.85. The highest BCUT2D eigenvalue weighted by molar-refractivity contribution is 9.10. The molecule has 0 aliphatic carbocycles. The molecule has 0 amide bonds. The Morgan fingerprint density at radius 1 is 1.05 bits per heavy atom. The smallest absolute Gasteiger partial charge is 0.0639 e. The van der Waals surface area contributed by atoms with Crippen molar-refractivity contribution in [1.29, 1.82) is 0 Å². The van der Waals surface area contributed by atoms with Gasteiger partial charge in [0.15, 0.2) is 0 Å². The van der Waals surface area contributed by atoms with Gasteiger partial charge in [-0.3, -0.25) is 0 Å². The number of halogens is 2. The number of rotatable bonds is 2. The minimum atomic E-state index is 0.438. The standard InChI is InChI=1S/C16H15BrClN/c17-13-9-7-12(8-10-13)15-6-3-11-19(15)16-5-2-1-4-14(16)18/h1-2,4-5,7-10,15H,3,6,11H2. The number of para-hydroxylation sites is 1. The van der Waals surface area contributed by atoms with E-state index in [1.807, 2.05) is 12.1 Å². The van der Waals surface area contributed by atoms with Gasteiger partial charge in [0, 0.05) is 11.0 Å². The lowest BCUT2D eigenvalue weighted by Crippen LogP contribution is -2.22. The molecule has 1 aliphatic heterocycles. The summed E-state index contributed by atoms with van der Waals surface area (Å²) in [5, 5.41) is 0.839. The average molecular weight is 337 g/mol. The van der Waals surface area contributed by atoms with Crippen LogP contribution in [0.2, 0.25) is 5.02 Å². The first kappa shape index (κ1) is 13.0. The van der Waals surface area contributed by atoms with Crippen LogP contribution in [0.25, 0.3) is 0 Å². The van der Waals surface area contributed by atoms with Crippen LogP contribution < -0.4 is 4.90 Å². The number of nitrogens with zero attached hydrogens (tertiary/aromatic N) is 1. The fourth-order valence-corrected chi connectivity index (χ4v) is 3.28. The summed E-state index contributed by atoms with van der Waals surface area (Å²) in [7, 11) is 0. The van der Waals surface area contributed by atoms with Gasteiger partial charge in [0.05, 0.1) is 16.8 Å². The molecule has 1 heterocycles. The maximum atomic E-state index is 6.33. The molecule has 0 radical (unpaired) electrons. The van der Waals surface area contributed by atoms with Crippen LogP contribution >= 0.6 is 27.5 Å². The molecule has 3 rings (SSSR count). The van der Waals surface area contributed by atoms with Crippen LogP contribution in [-0.4, -0.2) is 6.54 Å². The van der Waals surface area contributed by atoms with Crippen molar-refractivity contribution in [2.24, 2.45) is 0 Å². The molecule has 1 nitrogen and oxygen atoms in total. The fourth-order valence-electron chi connectivity index (χ4n) is 2.77. The third kappa shape index (κ3) is 2.65. The van der Waals surface area contributed by atoms with Crippen molar-refractivity contribution in [1.82, 2.24) is 0 Å². The molecule has 3 heteroatoms. The van der Waals surface area contributed by atoms with E-state index in [0.29, 0.717) is 6.04 Å². The molecule has 0 bridgehead atoms. The number of hydrogen-bond donors (Lipinski definition) is 0. The number of hydrogen-bond acceptors (Lipinski definition) is 1. The Morgan fingerprint density at radius 3 is 2.53 bits per heavy atom. The van der Waals surface area contributed by atoms with Crippen LogP contribution in [0.3, 0.4) is 0 Å². The molecule has 1 aliphatic rings. The van der Waals surface area contributed by atoms with Crippen LogP contribution in [0, 0.1) is 0 Å². The van der Waals surface area contributed by atoms with Gasteiger partial charge in [-0.2, -0.15) is 0 Å². The molecule has 0 spiro atoms. The van der Waals surface area contributed by atoms with Gasteiger partial charge in [-0.15, -0.1) is 0 Å². The van der Waals surface area contributed by atoms with E-state index in [2.05, 4.69) is 57.2 Å². The Hall–Kier alpha value is -0.990. The van der Waals surface area contributed by atoms with Crippen molar-refractivity contribution >= 4 is 33.2 Å². The largest absolute Gasteiger partial charge is 0.363 e. The van der Waals surface area contributed by atoms with E-state index in [4.69, 9.17) is 11.6 Å². The lowest BCUT2D eigenvalue weighted by molar-refractivity contribution is 0.719. The van der Waals surface area contributed by atoms with E-state index < -0.39 is 0 Å². The van der Waals surface area contributed by atoms with Crippen molar-refractivity contribution in [3.63, 3.8) is 0 Å². The molecule has 0 saturated carbocycles. The van der Waals surface area contributed by atoms with Gasteiger partial charge in [-0.1, -0.05) is 51.8 Å². The van der Waals surface area contributed by atoms with E-state index in [9.17, 15) is 0 Å². The van der Waals surface area contributed by atoms with Gasteiger partial charge >= 0.3 is 0 Å². The third-order valence-corrected chi connectivity index (χ3v) is 4.52. The summed E-state index contributed by atoms with van der Waals surface area (Å²) in [5.41, 5.74) is 2.51. The van der Waals surface area contributed by atoms with E-state index >= 15 is 0 Å². The minimum absolute atomic E-state index is 0.438. The van der Waals surface area contributed by atoms with Gasteiger partial charge in [-0.05, 0) is 42.7 Å². The van der Waals surface area contributed by atoms with Crippen molar-refractivity contribution in [3.05, 3.63) is 63.6 Å². The Labute approximate surface area is 127 Å². The minimum Gasteiger partial charge on any atom is -0.363 e. The second kappa shape index (κ2) is 5.56. The summed E-state index contributed by atoms with van der Waals surface area (Å²) in [4.78, 5) is 2.42. The Morgan fingerprint density at radius 2 is 1.79 bits per heavy atom. The van der Waals surface area contributed by atoms with E-state index in [-0.39, 0.29) is 0 Å². The van der Waals surface area contributed by atoms with Gasteiger partial charge in [-0.25, -0.2) is 0 Å². The molecule has 2 aromatic carbocycles. The first-order valence-electron chi connectivity index (χ1n) is 6.52. The van der Waals surface area contributed by atoms with E-state index in [1.165, 1.54) is 18.4 Å². The van der Waals surface area contributed by atoms with Crippen LogP contribution in [0.4, 0.5) is 5.69 Å². The van der Waals surface area contributed by atoms with E-state index in [0.717, 1.165) is 21.7 Å². The summed E-state index contributed by atoms with van der Waals surface area (Å²) < 4.78 is 1.12. The molecular weight excluding hydrogens is 322 g/mol. The zero-order valence-electron chi connectivity index (χ0n) is 10.5. The lowest BCUT2D eigenvalue weighted by Gasteiger charge is -2.28. The molecule has 1 unspecified atom stereocenters. The highest BCUT2D eigenvalue weighted by Crippen LogP contribution is 2.39. The maximum Gasteiger partial charge on any atom is 0.0639 e. The van der Waals surface area contributed by atoms with Crippen LogP contribution in [-0.2, 0) is 0 Å². The third-order valence-electron chi connectivity index (χ3n) is 3.67. The average Bonchev–Trinajstić information content (AvgIpc) is 2.89. The van der Waals surface area contributed by atoms with Crippen LogP contribution in [0.1, 0.15) is 24.4 Å². The summed E-state index contributed by atoms with van der Waals surface area (Å²) in [6.45, 7) is 1.07. The van der Waals surface area contributed by atoms with Crippen molar-refractivity contribution in [2.75, 3.05) is 11.4 Å². The van der Waals surface area contributed by atoms with Crippen molar-refractivity contribution < 1.29 is 0 Å². The molecule has 2 aromatic rings. The summed E-state index contributed by atoms with van der Waals surface area (Å²) in [6, 6.07) is 17.2. The Balaban J connectivity index is 1.94. The molecule has 1 atom stereocenters. The van der Waals surface area contributed by atoms with Gasteiger partial charge in [0.25, 0.3) is 0 Å². The van der Waals surface area contributed by atoms with Gasteiger partial charge in [0.1, 0.15) is 0 Å². The number of benzene rings is 2. The molecule has 0 aromatic heterocycles. The van der Waals surface area contributed by atoms with Gasteiger partial charge in [0.2, 0.25) is 0 Å². The predicted molar refractivity (Wildman–Crippen MR) is 84.9 cm³/mol. The van der Waals surface area contributed by atoms with E-state index in [1.54, 1.807) is 0 Å². The highest BCUT2D eigenvalue weighted by atomic mass is 79.9. The lowest BCUT2D eigenvalue weighted by atomic mass is 10.0. The molecule has 19 heavy (non-hydrogen) atoms. The topological polar surface area (TPSA) is 3.24 Å². The first-order valence-corrected chi connectivity index (χ1v) is 7.69. The first-order chi connectivity index (χ1) is 9.25. The Bertz CT molecular complexity index is 567. The molecular formula is C16H15BrClN. The fraction of sp³-hybridized carbons (Fsp3) is 0.250. The summed E-state index contributed by atoms with van der Waals surface area (Å²) in [6.07, 6.45) is 2.40. The van der Waals surface area contributed by atoms with Crippen molar-refractivity contribution in [3.8, 4) is 0 Å². The number of anilines is 1. The molecule has 0 N–H and O–H groups in total. The summed E-state index contributed by atoms with van der Waals surface area (Å²) in [5.74, 6) is 0. The maximum absolute atomic E-state index is 6.33. The monoisotopic (exact) mass is 335 g/mol. The molecule has 98 valence electrons. The van der Waals surface area contributed by atoms with Crippen LogP contribution in [0.5, 0.6) is 0 Å². The predicted octanol–water partition coefficient (Wildman–Crippen LogP) is 5.44. The highest BCUT2D eigenvalue weighted by Gasteiger charge is 2.27. The summed E-state index contributed by atoms with van der Waals surface area (Å²) >= 11 is 9.82. The van der Waals surface area contributed by atoms with Gasteiger partial charge < -0.3 is 4.90 Å². The van der Waals surface area contributed by atoms with Crippen LogP contribution in [0.15, 0.2) is 53.0 Å². The molecule has 1 saturated heterocycles.